The molecule has 13 rings (SSSR count). The summed E-state index contributed by atoms with van der Waals surface area (Å²) in [5.41, 5.74) is 14.7. The van der Waals surface area contributed by atoms with Gasteiger partial charge in [0, 0.05) is 38.2 Å². The summed E-state index contributed by atoms with van der Waals surface area (Å²) in [4.78, 5) is 10.4. The topological polar surface area (TPSA) is 43.6 Å². The Bertz CT molecular complexity index is 3970. The first-order valence-electron chi connectivity index (χ1n) is 22.1. The van der Waals surface area contributed by atoms with Crippen LogP contribution in [0.3, 0.4) is 0 Å². The van der Waals surface area contributed by atoms with Crippen molar-refractivity contribution in [1.29, 1.82) is 0 Å². The van der Waals surface area contributed by atoms with Crippen LogP contribution in [0.1, 0.15) is 0 Å². The maximum Gasteiger partial charge on any atom is 0.101 e. The van der Waals surface area contributed by atoms with E-state index in [2.05, 4.69) is 229 Å². The molecule has 0 radical (unpaired) electrons. The standard InChI is InChI=1S/C61H38N4/c1-5-13-39(14-6-1)53-38-48-24-23-45(37-54(48)61-57(53)58(41-17-9-3-10-18-41)64-65(61)50-19-11-4-12-20-50)44-27-31-51-46(35-44)25-26-47-36-49(28-32-52(47)51)56-34-30-43-22-21-42-29-33-55(40-15-7-2-8-16-40)62-59(42)60(43)63-56/h1-38H. The summed E-state index contributed by atoms with van der Waals surface area (Å²) in [6.45, 7) is 0. The molecule has 0 unspecified atom stereocenters. The fraction of sp³-hybridized carbons (Fsp3) is 0. The summed E-state index contributed by atoms with van der Waals surface area (Å²) >= 11 is 0. The highest BCUT2D eigenvalue weighted by atomic mass is 15.3. The summed E-state index contributed by atoms with van der Waals surface area (Å²) in [5, 5.41) is 15.8. The Morgan fingerprint density at radius 3 is 1.42 bits per heavy atom. The monoisotopic (exact) mass is 826 g/mol. The Morgan fingerprint density at radius 1 is 0.308 bits per heavy atom. The molecule has 0 saturated carbocycles. The molecule has 13 aromatic rings. The molecule has 4 heteroatoms. The molecule has 302 valence electrons. The highest BCUT2D eigenvalue weighted by molar-refractivity contribution is 6.18. The van der Waals surface area contributed by atoms with E-state index < -0.39 is 0 Å². The van der Waals surface area contributed by atoms with Gasteiger partial charge < -0.3 is 0 Å². The summed E-state index contributed by atoms with van der Waals surface area (Å²) < 4.78 is 2.14. The van der Waals surface area contributed by atoms with E-state index in [1.807, 2.05) is 6.07 Å². The van der Waals surface area contributed by atoms with E-state index in [0.717, 1.165) is 83.1 Å². The van der Waals surface area contributed by atoms with E-state index in [9.17, 15) is 0 Å². The van der Waals surface area contributed by atoms with E-state index in [1.54, 1.807) is 0 Å². The van der Waals surface area contributed by atoms with Crippen molar-refractivity contribution in [3.8, 4) is 61.7 Å². The Balaban J connectivity index is 0.922. The average Bonchev–Trinajstić information content (AvgIpc) is 3.80. The first-order chi connectivity index (χ1) is 32.2. The minimum atomic E-state index is 0.913. The number of pyridine rings is 2. The minimum Gasteiger partial charge on any atom is -0.245 e. The van der Waals surface area contributed by atoms with Crippen molar-refractivity contribution in [3.05, 3.63) is 231 Å². The van der Waals surface area contributed by atoms with Gasteiger partial charge in [0.25, 0.3) is 0 Å². The van der Waals surface area contributed by atoms with Gasteiger partial charge in [-0.3, -0.25) is 0 Å². The summed E-state index contributed by atoms with van der Waals surface area (Å²) in [5.74, 6) is 0. The molecule has 0 aliphatic rings. The summed E-state index contributed by atoms with van der Waals surface area (Å²) in [6, 6.07) is 82.2. The number of para-hydroxylation sites is 1. The van der Waals surface area contributed by atoms with Gasteiger partial charge in [-0.1, -0.05) is 182 Å². The molecule has 4 nitrogen and oxygen atoms in total. The van der Waals surface area contributed by atoms with Crippen LogP contribution in [-0.4, -0.2) is 19.7 Å². The van der Waals surface area contributed by atoms with Crippen LogP contribution in [0.25, 0.3) is 127 Å². The number of hydrogen-bond acceptors (Lipinski definition) is 3. The number of benzene rings is 10. The fourth-order valence-corrected chi connectivity index (χ4v) is 9.72. The van der Waals surface area contributed by atoms with Crippen LogP contribution in [0, 0.1) is 0 Å². The molecular formula is C61H38N4. The van der Waals surface area contributed by atoms with Crippen molar-refractivity contribution < 1.29 is 0 Å². The van der Waals surface area contributed by atoms with Crippen LogP contribution in [0.15, 0.2) is 231 Å². The van der Waals surface area contributed by atoms with Crippen LogP contribution in [0.4, 0.5) is 0 Å². The lowest BCUT2D eigenvalue weighted by molar-refractivity contribution is 0.918. The molecule has 0 spiro atoms. The van der Waals surface area contributed by atoms with Crippen molar-refractivity contribution >= 4 is 65.0 Å². The number of aromatic nitrogens is 4. The van der Waals surface area contributed by atoms with E-state index in [-0.39, 0.29) is 0 Å². The lowest BCUT2D eigenvalue weighted by atomic mass is 9.91. The SMILES string of the molecule is c1ccc(-c2ccc3ccc4ccc(-c5ccc6c(ccc7cc(-c8ccc9cc(-c%10ccccc%10)c%10c(-c%11ccccc%11)nn(-c%11ccccc%11)c%10c9c8)ccc76)c5)nc4c3n2)cc1. The van der Waals surface area contributed by atoms with Crippen molar-refractivity contribution in [3.63, 3.8) is 0 Å². The van der Waals surface area contributed by atoms with E-state index in [4.69, 9.17) is 15.1 Å². The van der Waals surface area contributed by atoms with Gasteiger partial charge in [0.2, 0.25) is 0 Å². The van der Waals surface area contributed by atoms with E-state index in [0.29, 0.717) is 0 Å². The average molecular weight is 827 g/mol. The molecular weight excluding hydrogens is 789 g/mol. The predicted molar refractivity (Wildman–Crippen MR) is 271 cm³/mol. The highest BCUT2D eigenvalue weighted by Crippen LogP contribution is 2.43. The largest absolute Gasteiger partial charge is 0.245 e. The van der Waals surface area contributed by atoms with Crippen LogP contribution in [0.5, 0.6) is 0 Å². The lowest BCUT2D eigenvalue weighted by Gasteiger charge is -2.13. The van der Waals surface area contributed by atoms with Crippen molar-refractivity contribution in [2.75, 3.05) is 0 Å². The smallest absolute Gasteiger partial charge is 0.101 e. The third-order valence-corrected chi connectivity index (χ3v) is 12.9. The number of rotatable bonds is 6. The third kappa shape index (κ3) is 6.26. The molecule has 0 bridgehead atoms. The number of fused-ring (bicyclic) bond motifs is 9. The van der Waals surface area contributed by atoms with Crippen LogP contribution in [-0.2, 0) is 0 Å². The van der Waals surface area contributed by atoms with E-state index >= 15 is 0 Å². The van der Waals surface area contributed by atoms with Gasteiger partial charge in [0.1, 0.15) is 5.69 Å². The van der Waals surface area contributed by atoms with Crippen molar-refractivity contribution in [2.45, 2.75) is 0 Å². The molecule has 0 aliphatic heterocycles. The van der Waals surface area contributed by atoms with Gasteiger partial charge >= 0.3 is 0 Å². The molecule has 3 heterocycles. The van der Waals surface area contributed by atoms with Gasteiger partial charge in [-0.05, 0) is 97.7 Å². The normalized spacial score (nSPS) is 11.7. The minimum absolute atomic E-state index is 0.913. The van der Waals surface area contributed by atoms with Gasteiger partial charge in [0.15, 0.2) is 0 Å². The summed E-state index contributed by atoms with van der Waals surface area (Å²) in [6.07, 6.45) is 0. The maximum absolute atomic E-state index is 5.41. The molecule has 0 atom stereocenters. The van der Waals surface area contributed by atoms with E-state index in [1.165, 1.54) is 43.6 Å². The van der Waals surface area contributed by atoms with Crippen LogP contribution >= 0.6 is 0 Å². The van der Waals surface area contributed by atoms with Gasteiger partial charge in [-0.2, -0.15) is 5.10 Å². The van der Waals surface area contributed by atoms with Gasteiger partial charge in [0.05, 0.1) is 33.6 Å². The molecule has 65 heavy (non-hydrogen) atoms. The molecule has 0 aliphatic carbocycles. The Morgan fingerprint density at radius 2 is 0.769 bits per heavy atom. The summed E-state index contributed by atoms with van der Waals surface area (Å²) in [7, 11) is 0. The molecule has 0 saturated heterocycles. The Hall–Kier alpha value is -8.73. The third-order valence-electron chi connectivity index (χ3n) is 12.9. The Labute approximate surface area is 375 Å². The highest BCUT2D eigenvalue weighted by Gasteiger charge is 2.22. The zero-order chi connectivity index (χ0) is 42.8. The molecule has 0 fully saturated rings. The fourth-order valence-electron chi connectivity index (χ4n) is 9.72. The van der Waals surface area contributed by atoms with Crippen LogP contribution in [0.2, 0.25) is 0 Å². The van der Waals surface area contributed by atoms with Gasteiger partial charge in [-0.15, -0.1) is 0 Å². The zero-order valence-electron chi connectivity index (χ0n) is 35.2. The van der Waals surface area contributed by atoms with Crippen LogP contribution < -0.4 is 0 Å². The zero-order valence-corrected chi connectivity index (χ0v) is 35.2. The molecule has 3 aromatic heterocycles. The second-order valence-electron chi connectivity index (χ2n) is 16.8. The van der Waals surface area contributed by atoms with Crippen molar-refractivity contribution in [2.24, 2.45) is 0 Å². The first kappa shape index (κ1) is 36.9. The Kier molecular flexibility index (Phi) is 8.50. The van der Waals surface area contributed by atoms with Crippen molar-refractivity contribution in [1.82, 2.24) is 19.7 Å². The quantitative estimate of drug-likeness (QED) is 0.157. The first-order valence-corrected chi connectivity index (χ1v) is 22.1. The predicted octanol–water partition coefficient (Wildman–Crippen LogP) is 15.9. The number of nitrogens with zero attached hydrogens (tertiary/aromatic N) is 4. The second-order valence-corrected chi connectivity index (χ2v) is 16.8. The second kappa shape index (κ2) is 15.0. The van der Waals surface area contributed by atoms with Gasteiger partial charge in [-0.25, -0.2) is 14.6 Å². The molecule has 0 amide bonds. The number of hydrogen-bond donors (Lipinski definition) is 0. The molecule has 10 aromatic carbocycles. The maximum atomic E-state index is 5.41. The lowest BCUT2D eigenvalue weighted by Crippen LogP contribution is -1.97. The molecule has 0 N–H and O–H groups in total.